The van der Waals surface area contributed by atoms with Gasteiger partial charge in [0.05, 0.1) is 11.7 Å². The molecule has 2 nitrogen and oxygen atoms in total. The average molecular weight is 315 g/mol. The first-order valence-corrected chi connectivity index (χ1v) is 8.30. The molecule has 0 radical (unpaired) electrons. The molecule has 0 N–H and O–H groups in total. The topological polar surface area (TPSA) is 17.8 Å². The molecule has 104 valence electrons. The van der Waals surface area contributed by atoms with Crippen molar-refractivity contribution in [1.29, 1.82) is 0 Å². The monoisotopic (exact) mass is 314 g/mol. The van der Waals surface area contributed by atoms with Gasteiger partial charge in [0, 0.05) is 11.5 Å². The van der Waals surface area contributed by atoms with Gasteiger partial charge in [-0.3, -0.25) is 4.68 Å². The van der Waals surface area contributed by atoms with E-state index in [0.29, 0.717) is 11.5 Å². The average Bonchev–Trinajstić information content (AvgIpc) is 2.79. The summed E-state index contributed by atoms with van der Waals surface area (Å²) >= 11 is 3.66. The molecule has 0 saturated carbocycles. The van der Waals surface area contributed by atoms with Crippen LogP contribution < -0.4 is 0 Å². The number of nitrogens with zero attached hydrogens (tertiary/aromatic N) is 2. The highest BCUT2D eigenvalue weighted by molar-refractivity contribution is 9.09. The predicted octanol–water partition coefficient (Wildman–Crippen LogP) is 4.99. The Labute approximate surface area is 120 Å². The van der Waals surface area contributed by atoms with Crippen LogP contribution in [0.3, 0.4) is 0 Å². The molecule has 1 atom stereocenters. The normalized spacial score (nSPS) is 15.0. The Kier molecular flexibility index (Phi) is 6.40. The molecule has 18 heavy (non-hydrogen) atoms. The first-order valence-electron chi connectivity index (χ1n) is 7.18. The molecule has 1 unspecified atom stereocenters. The van der Waals surface area contributed by atoms with Crippen LogP contribution in [0.4, 0.5) is 0 Å². The summed E-state index contributed by atoms with van der Waals surface area (Å²) in [6.45, 7) is 9.06. The second-order valence-electron chi connectivity index (χ2n) is 5.63. The zero-order valence-electron chi connectivity index (χ0n) is 12.2. The second kappa shape index (κ2) is 7.32. The summed E-state index contributed by atoms with van der Waals surface area (Å²) in [6, 6.07) is 2.75. The van der Waals surface area contributed by atoms with E-state index < -0.39 is 0 Å². The summed E-state index contributed by atoms with van der Waals surface area (Å²) in [6.07, 6.45) is 8.00. The number of aromatic nitrogens is 2. The van der Waals surface area contributed by atoms with Crippen molar-refractivity contribution in [2.75, 3.05) is 5.33 Å². The minimum atomic E-state index is 0.335. The van der Waals surface area contributed by atoms with Crippen LogP contribution >= 0.6 is 15.9 Å². The van der Waals surface area contributed by atoms with Crippen molar-refractivity contribution in [2.45, 2.75) is 65.8 Å². The van der Waals surface area contributed by atoms with E-state index in [4.69, 9.17) is 5.10 Å². The van der Waals surface area contributed by atoms with E-state index in [1.165, 1.54) is 18.5 Å². The Morgan fingerprint density at radius 2 is 2.00 bits per heavy atom. The molecule has 0 aromatic carbocycles. The third kappa shape index (κ3) is 4.11. The van der Waals surface area contributed by atoms with E-state index in [9.17, 15) is 0 Å². The van der Waals surface area contributed by atoms with E-state index in [0.717, 1.165) is 24.6 Å². The Hall–Kier alpha value is -0.310. The maximum Gasteiger partial charge on any atom is 0.0630 e. The van der Waals surface area contributed by atoms with Gasteiger partial charge < -0.3 is 0 Å². The third-order valence-electron chi connectivity index (χ3n) is 3.76. The molecule has 0 aliphatic rings. The van der Waals surface area contributed by atoms with E-state index in [-0.39, 0.29) is 0 Å². The van der Waals surface area contributed by atoms with Gasteiger partial charge in [-0.1, -0.05) is 50.0 Å². The summed E-state index contributed by atoms with van der Waals surface area (Å²) < 4.78 is 2.15. The summed E-state index contributed by atoms with van der Waals surface area (Å²) in [5.74, 6) is 0. The molecule has 1 heterocycles. The van der Waals surface area contributed by atoms with Gasteiger partial charge in [0.2, 0.25) is 0 Å². The molecular weight excluding hydrogens is 288 g/mol. The zero-order valence-corrected chi connectivity index (χ0v) is 13.8. The Morgan fingerprint density at radius 3 is 2.50 bits per heavy atom. The number of rotatable bonds is 8. The molecule has 1 aromatic heterocycles. The fourth-order valence-corrected chi connectivity index (χ4v) is 3.06. The maximum absolute atomic E-state index is 4.76. The molecule has 0 aliphatic heterocycles. The third-order valence-corrected chi connectivity index (χ3v) is 5.12. The smallest absolute Gasteiger partial charge is 0.0630 e. The van der Waals surface area contributed by atoms with E-state index in [1.54, 1.807) is 0 Å². The summed E-state index contributed by atoms with van der Waals surface area (Å²) in [5, 5.41) is 5.81. The van der Waals surface area contributed by atoms with E-state index >= 15 is 0 Å². The Balaban J connectivity index is 2.73. The zero-order chi connectivity index (χ0) is 13.6. The van der Waals surface area contributed by atoms with Crippen molar-refractivity contribution >= 4 is 15.9 Å². The molecule has 3 heteroatoms. The van der Waals surface area contributed by atoms with E-state index in [1.807, 2.05) is 0 Å². The summed E-state index contributed by atoms with van der Waals surface area (Å²) in [4.78, 5) is 0. The standard InChI is InChI=1S/C15H27BrN2/c1-5-9-15(4,12-16)11-13-8-10-18(17-13)14(6-2)7-3/h8,10,14H,5-7,9,11-12H2,1-4H3. The van der Waals surface area contributed by atoms with Gasteiger partial charge in [-0.15, -0.1) is 0 Å². The number of hydrogen-bond acceptors (Lipinski definition) is 1. The minimum absolute atomic E-state index is 0.335. The summed E-state index contributed by atoms with van der Waals surface area (Å²) in [5.41, 5.74) is 1.57. The lowest BCUT2D eigenvalue weighted by atomic mass is 9.83. The van der Waals surface area contributed by atoms with Crippen LogP contribution in [-0.2, 0) is 6.42 Å². The number of halogens is 1. The Morgan fingerprint density at radius 1 is 1.33 bits per heavy atom. The van der Waals surface area contributed by atoms with Crippen LogP contribution in [0.5, 0.6) is 0 Å². The highest BCUT2D eigenvalue weighted by atomic mass is 79.9. The van der Waals surface area contributed by atoms with Crippen molar-refractivity contribution in [1.82, 2.24) is 9.78 Å². The molecule has 0 bridgehead atoms. The first-order chi connectivity index (χ1) is 8.58. The molecule has 0 amide bonds. The predicted molar refractivity (Wildman–Crippen MR) is 82.4 cm³/mol. The number of hydrogen-bond donors (Lipinski definition) is 0. The molecule has 0 spiro atoms. The lowest BCUT2D eigenvalue weighted by Gasteiger charge is -2.25. The largest absolute Gasteiger partial charge is 0.269 e. The van der Waals surface area contributed by atoms with Crippen molar-refractivity contribution in [3.05, 3.63) is 18.0 Å². The SMILES string of the molecule is CCCC(C)(CBr)Cc1ccn(C(CC)CC)n1. The fourth-order valence-electron chi connectivity index (χ4n) is 2.58. The quantitative estimate of drug-likeness (QED) is 0.618. The van der Waals surface area contributed by atoms with Gasteiger partial charge in [-0.25, -0.2) is 0 Å². The van der Waals surface area contributed by atoms with Crippen LogP contribution in [0.15, 0.2) is 12.3 Å². The molecule has 1 aromatic rings. The minimum Gasteiger partial charge on any atom is -0.269 e. The van der Waals surface area contributed by atoms with Crippen molar-refractivity contribution in [2.24, 2.45) is 5.41 Å². The van der Waals surface area contributed by atoms with E-state index in [2.05, 4.69) is 60.6 Å². The highest BCUT2D eigenvalue weighted by Gasteiger charge is 2.23. The van der Waals surface area contributed by atoms with Crippen molar-refractivity contribution < 1.29 is 0 Å². The van der Waals surface area contributed by atoms with Crippen LogP contribution in [-0.4, -0.2) is 15.1 Å². The van der Waals surface area contributed by atoms with Gasteiger partial charge in [0.25, 0.3) is 0 Å². The highest BCUT2D eigenvalue weighted by Crippen LogP contribution is 2.30. The van der Waals surface area contributed by atoms with Crippen LogP contribution in [0, 0.1) is 5.41 Å². The van der Waals surface area contributed by atoms with Gasteiger partial charge >= 0.3 is 0 Å². The first kappa shape index (κ1) is 15.7. The molecular formula is C15H27BrN2. The van der Waals surface area contributed by atoms with Gasteiger partial charge in [0.15, 0.2) is 0 Å². The van der Waals surface area contributed by atoms with Crippen LogP contribution in [0.2, 0.25) is 0 Å². The second-order valence-corrected chi connectivity index (χ2v) is 6.19. The van der Waals surface area contributed by atoms with Crippen LogP contribution in [0.25, 0.3) is 0 Å². The summed E-state index contributed by atoms with van der Waals surface area (Å²) in [7, 11) is 0. The van der Waals surface area contributed by atoms with Crippen LogP contribution in [0.1, 0.15) is 65.1 Å². The van der Waals surface area contributed by atoms with Crippen molar-refractivity contribution in [3.63, 3.8) is 0 Å². The number of alkyl halides is 1. The maximum atomic E-state index is 4.76. The van der Waals surface area contributed by atoms with Crippen molar-refractivity contribution in [3.8, 4) is 0 Å². The fraction of sp³-hybridized carbons (Fsp3) is 0.800. The lowest BCUT2D eigenvalue weighted by molar-refractivity contribution is 0.332. The molecule has 0 saturated heterocycles. The van der Waals surface area contributed by atoms with Gasteiger partial charge in [-0.2, -0.15) is 5.10 Å². The molecule has 0 fully saturated rings. The van der Waals surface area contributed by atoms with Gasteiger partial charge in [-0.05, 0) is 37.2 Å². The lowest BCUT2D eigenvalue weighted by Crippen LogP contribution is -2.22. The molecule has 0 aliphatic carbocycles. The molecule has 1 rings (SSSR count). The van der Waals surface area contributed by atoms with Gasteiger partial charge in [0.1, 0.15) is 0 Å². The Bertz CT molecular complexity index is 344.